The molecule has 0 fully saturated rings. The van der Waals surface area contributed by atoms with E-state index in [1.165, 1.54) is 0 Å². The lowest BCUT2D eigenvalue weighted by atomic mass is 10.7. The molecule has 6 nitrogen and oxygen atoms in total. The Labute approximate surface area is 90.1 Å². The van der Waals surface area contributed by atoms with Gasteiger partial charge in [-0.15, -0.1) is 5.11 Å². The number of imidazole rings is 2. The molecule has 0 bridgehead atoms. The lowest BCUT2D eigenvalue weighted by molar-refractivity contribution is 0.383. The van der Waals surface area contributed by atoms with Crippen LogP contribution in [-0.2, 0) is 5.12 Å². The van der Waals surface area contributed by atoms with Crippen LogP contribution in [0.3, 0.4) is 0 Å². The molecule has 0 unspecified atom stereocenters. The monoisotopic (exact) mass is 220 g/mol. The third kappa shape index (κ3) is 1.19. The van der Waals surface area contributed by atoms with Gasteiger partial charge in [-0.3, -0.25) is 9.13 Å². The van der Waals surface area contributed by atoms with Gasteiger partial charge in [0.15, 0.2) is 0 Å². The Morgan fingerprint density at radius 2 is 1.73 bits per heavy atom. The van der Waals surface area contributed by atoms with Gasteiger partial charge in [0.1, 0.15) is 5.88 Å². The molecule has 1 aliphatic heterocycles. The Kier molecular flexibility index (Phi) is 1.84. The highest BCUT2D eigenvalue weighted by Crippen LogP contribution is 2.38. The van der Waals surface area contributed by atoms with E-state index in [2.05, 4.69) is 20.2 Å². The second-order valence-electron chi connectivity index (χ2n) is 3.03. The van der Waals surface area contributed by atoms with Crippen LogP contribution in [0.25, 0.3) is 0 Å². The molecule has 0 aromatic carbocycles. The average Bonchev–Trinajstić information content (AvgIpc) is 3.02. The van der Waals surface area contributed by atoms with Crippen LogP contribution in [0.5, 0.6) is 0 Å². The van der Waals surface area contributed by atoms with Crippen molar-refractivity contribution in [1.82, 2.24) is 19.1 Å². The van der Waals surface area contributed by atoms with E-state index in [0.717, 1.165) is 0 Å². The van der Waals surface area contributed by atoms with Crippen molar-refractivity contribution in [3.8, 4) is 0 Å². The minimum absolute atomic E-state index is 0.576. The molecule has 7 heteroatoms. The summed E-state index contributed by atoms with van der Waals surface area (Å²) in [7, 11) is 0. The summed E-state index contributed by atoms with van der Waals surface area (Å²) in [6, 6.07) is 0. The van der Waals surface area contributed by atoms with Crippen LogP contribution >= 0.6 is 11.8 Å². The Bertz CT molecular complexity index is 425. The zero-order valence-electron chi connectivity index (χ0n) is 7.76. The molecule has 1 aliphatic rings. The van der Waals surface area contributed by atoms with Crippen LogP contribution in [0.2, 0.25) is 0 Å². The zero-order chi connectivity index (χ0) is 10.1. The average molecular weight is 220 g/mol. The second-order valence-corrected chi connectivity index (χ2v) is 4.12. The van der Waals surface area contributed by atoms with Gasteiger partial charge in [0.25, 0.3) is 5.12 Å². The maximum Gasteiger partial charge on any atom is 0.290 e. The number of hydrogen-bond acceptors (Lipinski definition) is 5. The van der Waals surface area contributed by atoms with Crippen LogP contribution in [-0.4, -0.2) is 25.0 Å². The van der Waals surface area contributed by atoms with Gasteiger partial charge in [0, 0.05) is 24.8 Å². The lowest BCUT2D eigenvalue weighted by Gasteiger charge is -2.25. The van der Waals surface area contributed by atoms with Gasteiger partial charge in [0.2, 0.25) is 0 Å². The standard InChI is InChI=1S/C8H8N6S/c1-3-13(5-9-1)8(12-11-7-15-8)14-4-2-10-6-14/h1-6H,7H2. The third-order valence-corrected chi connectivity index (χ3v) is 3.33. The zero-order valence-corrected chi connectivity index (χ0v) is 8.58. The number of aromatic nitrogens is 4. The van der Waals surface area contributed by atoms with Crippen LogP contribution < -0.4 is 0 Å². The van der Waals surface area contributed by atoms with Crippen molar-refractivity contribution < 1.29 is 0 Å². The van der Waals surface area contributed by atoms with Crippen LogP contribution in [0.15, 0.2) is 47.7 Å². The van der Waals surface area contributed by atoms with Gasteiger partial charge < -0.3 is 0 Å². The topological polar surface area (TPSA) is 60.4 Å². The van der Waals surface area contributed by atoms with Crippen molar-refractivity contribution in [2.24, 2.45) is 10.2 Å². The summed E-state index contributed by atoms with van der Waals surface area (Å²) in [4.78, 5) is 8.07. The number of hydrogen-bond donors (Lipinski definition) is 0. The first-order chi connectivity index (χ1) is 7.42. The Hall–Kier alpha value is -1.63. The molecule has 0 saturated heterocycles. The van der Waals surface area contributed by atoms with E-state index in [1.54, 1.807) is 36.8 Å². The highest BCUT2D eigenvalue weighted by atomic mass is 32.2. The van der Waals surface area contributed by atoms with Crippen molar-refractivity contribution in [3.63, 3.8) is 0 Å². The Morgan fingerprint density at radius 1 is 1.07 bits per heavy atom. The van der Waals surface area contributed by atoms with Crippen molar-refractivity contribution in [3.05, 3.63) is 37.4 Å². The molecule has 0 radical (unpaired) electrons. The first-order valence-electron chi connectivity index (χ1n) is 4.41. The maximum absolute atomic E-state index is 4.29. The van der Waals surface area contributed by atoms with E-state index in [4.69, 9.17) is 0 Å². The molecule has 2 aromatic heterocycles. The van der Waals surface area contributed by atoms with E-state index < -0.39 is 5.12 Å². The number of azo groups is 1. The molecule has 3 heterocycles. The Morgan fingerprint density at radius 3 is 2.13 bits per heavy atom. The van der Waals surface area contributed by atoms with E-state index in [-0.39, 0.29) is 0 Å². The molecular formula is C8H8N6S. The quantitative estimate of drug-likeness (QED) is 0.767. The number of rotatable bonds is 2. The molecule has 3 rings (SSSR count). The fraction of sp³-hybridized carbons (Fsp3) is 0.250. The van der Waals surface area contributed by atoms with E-state index in [1.807, 2.05) is 21.5 Å². The van der Waals surface area contributed by atoms with Gasteiger partial charge in [-0.05, 0) is 0 Å². The summed E-state index contributed by atoms with van der Waals surface area (Å²) in [5, 5.41) is 7.75. The summed E-state index contributed by atoms with van der Waals surface area (Å²) in [6.07, 6.45) is 10.7. The highest BCUT2D eigenvalue weighted by Gasteiger charge is 2.37. The predicted octanol–water partition coefficient (Wildman–Crippen LogP) is 1.35. The molecule has 2 aromatic rings. The molecule has 76 valence electrons. The van der Waals surface area contributed by atoms with Crippen LogP contribution in [0.4, 0.5) is 0 Å². The predicted molar refractivity (Wildman–Crippen MR) is 55.1 cm³/mol. The van der Waals surface area contributed by atoms with Gasteiger partial charge >= 0.3 is 0 Å². The molecule has 0 N–H and O–H groups in total. The summed E-state index contributed by atoms with van der Waals surface area (Å²) >= 11 is 1.62. The van der Waals surface area contributed by atoms with Crippen molar-refractivity contribution in [1.29, 1.82) is 0 Å². The molecular weight excluding hydrogens is 212 g/mol. The van der Waals surface area contributed by atoms with E-state index >= 15 is 0 Å². The normalized spacial score (nSPS) is 18.4. The first kappa shape index (κ1) is 8.66. The Balaban J connectivity index is 2.15. The number of thioether (sulfide) groups is 1. The molecule has 0 saturated carbocycles. The summed E-state index contributed by atoms with van der Waals surface area (Å²) < 4.78 is 3.83. The van der Waals surface area contributed by atoms with Crippen molar-refractivity contribution in [2.45, 2.75) is 5.12 Å². The molecule has 0 amide bonds. The van der Waals surface area contributed by atoms with Gasteiger partial charge in [-0.2, -0.15) is 5.11 Å². The van der Waals surface area contributed by atoms with Crippen LogP contribution in [0.1, 0.15) is 0 Å². The summed E-state index contributed by atoms with van der Waals surface area (Å²) in [5.74, 6) is 0.649. The molecule has 0 aliphatic carbocycles. The lowest BCUT2D eigenvalue weighted by Crippen LogP contribution is -2.32. The third-order valence-electron chi connectivity index (χ3n) is 2.20. The van der Waals surface area contributed by atoms with Gasteiger partial charge in [0.05, 0.1) is 12.7 Å². The molecule has 15 heavy (non-hydrogen) atoms. The van der Waals surface area contributed by atoms with E-state index in [0.29, 0.717) is 5.88 Å². The summed E-state index contributed by atoms with van der Waals surface area (Å²) in [5.41, 5.74) is 0. The highest BCUT2D eigenvalue weighted by molar-refractivity contribution is 8.00. The minimum Gasteiger partial charge on any atom is -0.284 e. The SMILES string of the molecule is c1cn(C2(n3ccnc3)N=NCS2)cn1. The second kappa shape index (κ2) is 3.20. The summed E-state index contributed by atoms with van der Waals surface area (Å²) in [6.45, 7) is 0. The van der Waals surface area contributed by atoms with E-state index in [9.17, 15) is 0 Å². The van der Waals surface area contributed by atoms with Crippen molar-refractivity contribution in [2.75, 3.05) is 5.88 Å². The fourth-order valence-corrected chi connectivity index (χ4v) is 2.43. The minimum atomic E-state index is -0.576. The van der Waals surface area contributed by atoms with Gasteiger partial charge in [-0.25, -0.2) is 9.97 Å². The molecule has 0 atom stereocenters. The largest absolute Gasteiger partial charge is 0.290 e. The first-order valence-corrected chi connectivity index (χ1v) is 5.40. The van der Waals surface area contributed by atoms with Crippen LogP contribution in [0, 0.1) is 0 Å². The van der Waals surface area contributed by atoms with Crippen molar-refractivity contribution >= 4 is 11.8 Å². The van der Waals surface area contributed by atoms with Gasteiger partial charge in [-0.1, -0.05) is 11.8 Å². The number of nitrogens with zero attached hydrogens (tertiary/aromatic N) is 6. The smallest absolute Gasteiger partial charge is 0.284 e. The fourth-order valence-electron chi connectivity index (χ4n) is 1.51. The molecule has 0 spiro atoms. The maximum atomic E-state index is 4.29.